The van der Waals surface area contributed by atoms with Crippen LogP contribution in [0.3, 0.4) is 0 Å². The van der Waals surface area contributed by atoms with Crippen LogP contribution in [0.15, 0.2) is 16.5 Å². The fourth-order valence-electron chi connectivity index (χ4n) is 1.94. The van der Waals surface area contributed by atoms with Gasteiger partial charge in [0.2, 0.25) is 0 Å². The van der Waals surface area contributed by atoms with Crippen LogP contribution in [0, 0.1) is 0 Å². The van der Waals surface area contributed by atoms with E-state index in [0.29, 0.717) is 24.6 Å². The zero-order valence-corrected chi connectivity index (χ0v) is 10.8. The van der Waals surface area contributed by atoms with Gasteiger partial charge in [-0.15, -0.1) is 0 Å². The molecule has 4 nitrogen and oxygen atoms in total. The van der Waals surface area contributed by atoms with Crippen LogP contribution in [0.25, 0.3) is 0 Å². The zero-order valence-electron chi connectivity index (χ0n) is 9.99. The molecule has 17 heavy (non-hydrogen) atoms. The summed E-state index contributed by atoms with van der Waals surface area (Å²) in [4.78, 5) is 11.8. The normalized spacial score (nSPS) is 23.9. The van der Waals surface area contributed by atoms with E-state index < -0.39 is 0 Å². The number of hydrogen-bond donors (Lipinski definition) is 2. The lowest BCUT2D eigenvalue weighted by molar-refractivity contribution is 0.0920. The van der Waals surface area contributed by atoms with Gasteiger partial charge < -0.3 is 15.5 Å². The van der Waals surface area contributed by atoms with E-state index >= 15 is 0 Å². The van der Waals surface area contributed by atoms with Crippen LogP contribution in [0.5, 0.6) is 0 Å². The Morgan fingerprint density at radius 3 is 3.06 bits per heavy atom. The Hall–Kier alpha value is -0.940. The average Bonchev–Trinajstić information content (AvgIpc) is 2.95. The molecule has 0 spiro atoms. The van der Waals surface area contributed by atoms with Gasteiger partial charge in [-0.25, -0.2) is 0 Å². The second-order valence-electron chi connectivity index (χ2n) is 4.55. The summed E-state index contributed by atoms with van der Waals surface area (Å²) in [5.74, 6) is 2.01. The van der Waals surface area contributed by atoms with Crippen molar-refractivity contribution < 1.29 is 9.21 Å². The van der Waals surface area contributed by atoms with Crippen molar-refractivity contribution in [1.29, 1.82) is 0 Å². The molecular formula is C12H18N2O2S. The molecule has 1 unspecified atom stereocenters. The van der Waals surface area contributed by atoms with E-state index in [0.717, 1.165) is 6.42 Å². The lowest BCUT2D eigenvalue weighted by atomic mass is 10.1. The number of hydrogen-bond acceptors (Lipinski definition) is 4. The summed E-state index contributed by atoms with van der Waals surface area (Å²) in [6.45, 7) is 3.20. The lowest BCUT2D eigenvalue weighted by Gasteiger charge is -2.22. The number of thioether (sulfide) groups is 1. The van der Waals surface area contributed by atoms with Crippen LogP contribution in [0.2, 0.25) is 0 Å². The predicted molar refractivity (Wildman–Crippen MR) is 69.0 cm³/mol. The molecule has 0 bridgehead atoms. The van der Waals surface area contributed by atoms with Gasteiger partial charge in [0.25, 0.3) is 5.91 Å². The molecule has 1 aliphatic heterocycles. The zero-order chi connectivity index (χ0) is 12.3. The van der Waals surface area contributed by atoms with Crippen molar-refractivity contribution in [2.24, 2.45) is 5.73 Å². The molecule has 1 saturated heterocycles. The second-order valence-corrected chi connectivity index (χ2v) is 6.24. The van der Waals surface area contributed by atoms with Gasteiger partial charge in [0.05, 0.1) is 6.54 Å². The topological polar surface area (TPSA) is 68.3 Å². The van der Waals surface area contributed by atoms with Gasteiger partial charge in [-0.3, -0.25) is 4.79 Å². The van der Waals surface area contributed by atoms with Crippen LogP contribution in [-0.2, 0) is 6.54 Å². The standard InChI is InChI=1S/C12H18N2O2S/c1-12(5-2-6-17-12)8-14-11(15)10-4-3-9(7-13)16-10/h3-4H,2,5-8,13H2,1H3,(H,14,15). The summed E-state index contributed by atoms with van der Waals surface area (Å²) < 4.78 is 5.48. The minimum atomic E-state index is -0.154. The Morgan fingerprint density at radius 2 is 2.47 bits per heavy atom. The molecule has 3 N–H and O–H groups in total. The summed E-state index contributed by atoms with van der Waals surface area (Å²) in [7, 11) is 0. The Balaban J connectivity index is 1.88. The monoisotopic (exact) mass is 254 g/mol. The summed E-state index contributed by atoms with van der Waals surface area (Å²) in [6, 6.07) is 3.41. The molecule has 5 heteroatoms. The number of furan rings is 1. The maximum absolute atomic E-state index is 11.8. The molecule has 1 aromatic rings. The van der Waals surface area contributed by atoms with Crippen molar-refractivity contribution in [3.8, 4) is 0 Å². The number of nitrogens with two attached hydrogens (primary N) is 1. The van der Waals surface area contributed by atoms with Gasteiger partial charge in [0.1, 0.15) is 5.76 Å². The summed E-state index contributed by atoms with van der Waals surface area (Å²) in [6.07, 6.45) is 2.39. The molecule has 0 aliphatic carbocycles. The smallest absolute Gasteiger partial charge is 0.287 e. The molecule has 0 radical (unpaired) electrons. The molecular weight excluding hydrogens is 236 g/mol. The molecule has 2 heterocycles. The van der Waals surface area contributed by atoms with E-state index in [9.17, 15) is 4.79 Å². The Labute approximate surface area is 105 Å². The van der Waals surface area contributed by atoms with Gasteiger partial charge in [-0.1, -0.05) is 0 Å². The Morgan fingerprint density at radius 1 is 1.65 bits per heavy atom. The van der Waals surface area contributed by atoms with E-state index in [4.69, 9.17) is 10.2 Å². The van der Waals surface area contributed by atoms with Crippen LogP contribution < -0.4 is 11.1 Å². The van der Waals surface area contributed by atoms with Gasteiger partial charge in [0.15, 0.2) is 5.76 Å². The molecule has 1 amide bonds. The third-order valence-corrected chi connectivity index (χ3v) is 4.55. The van der Waals surface area contributed by atoms with Gasteiger partial charge >= 0.3 is 0 Å². The molecule has 1 atom stereocenters. The third kappa shape index (κ3) is 3.04. The van der Waals surface area contributed by atoms with Crippen molar-refractivity contribution >= 4 is 17.7 Å². The van der Waals surface area contributed by atoms with Crippen LogP contribution in [0.4, 0.5) is 0 Å². The molecule has 94 valence electrons. The van der Waals surface area contributed by atoms with Gasteiger partial charge in [-0.05, 0) is 37.7 Å². The van der Waals surface area contributed by atoms with Gasteiger partial charge in [-0.2, -0.15) is 11.8 Å². The molecule has 2 rings (SSSR count). The Bertz CT molecular complexity index is 397. The van der Waals surface area contributed by atoms with E-state index in [1.54, 1.807) is 12.1 Å². The largest absolute Gasteiger partial charge is 0.455 e. The van der Waals surface area contributed by atoms with Crippen molar-refractivity contribution in [2.45, 2.75) is 31.1 Å². The maximum atomic E-state index is 11.8. The number of nitrogens with one attached hydrogen (secondary N) is 1. The van der Waals surface area contributed by atoms with Crippen LogP contribution >= 0.6 is 11.8 Å². The number of rotatable bonds is 4. The first-order valence-corrected chi connectivity index (χ1v) is 6.82. The minimum absolute atomic E-state index is 0.154. The summed E-state index contributed by atoms with van der Waals surface area (Å²) >= 11 is 1.93. The molecule has 1 aliphatic rings. The van der Waals surface area contributed by atoms with E-state index in [-0.39, 0.29) is 10.7 Å². The first-order chi connectivity index (χ1) is 8.13. The van der Waals surface area contributed by atoms with E-state index in [1.807, 2.05) is 11.8 Å². The minimum Gasteiger partial charge on any atom is -0.455 e. The number of carbonyl (C=O) groups is 1. The van der Waals surface area contributed by atoms with Crippen LogP contribution in [0.1, 0.15) is 36.1 Å². The summed E-state index contributed by atoms with van der Waals surface area (Å²) in [5, 5.41) is 2.92. The lowest BCUT2D eigenvalue weighted by Crippen LogP contribution is -2.36. The van der Waals surface area contributed by atoms with Crippen molar-refractivity contribution in [3.63, 3.8) is 0 Å². The number of carbonyl (C=O) groups excluding carboxylic acids is 1. The first-order valence-electron chi connectivity index (χ1n) is 5.84. The van der Waals surface area contributed by atoms with Crippen molar-refractivity contribution in [3.05, 3.63) is 23.7 Å². The Kier molecular flexibility index (Phi) is 3.79. The molecule has 1 aromatic heterocycles. The highest BCUT2D eigenvalue weighted by atomic mass is 32.2. The second kappa shape index (κ2) is 5.14. The van der Waals surface area contributed by atoms with E-state index in [2.05, 4.69) is 12.2 Å². The molecule has 1 fully saturated rings. The van der Waals surface area contributed by atoms with Crippen LogP contribution in [-0.4, -0.2) is 23.0 Å². The highest BCUT2D eigenvalue weighted by Crippen LogP contribution is 2.36. The van der Waals surface area contributed by atoms with Crippen molar-refractivity contribution in [2.75, 3.05) is 12.3 Å². The highest BCUT2D eigenvalue weighted by molar-refractivity contribution is 8.00. The fourth-order valence-corrected chi connectivity index (χ4v) is 3.18. The fraction of sp³-hybridized carbons (Fsp3) is 0.583. The van der Waals surface area contributed by atoms with Crippen molar-refractivity contribution in [1.82, 2.24) is 5.32 Å². The quantitative estimate of drug-likeness (QED) is 0.859. The average molecular weight is 254 g/mol. The first kappa shape index (κ1) is 12.5. The molecule has 0 saturated carbocycles. The highest BCUT2D eigenvalue weighted by Gasteiger charge is 2.30. The maximum Gasteiger partial charge on any atom is 0.287 e. The van der Waals surface area contributed by atoms with Gasteiger partial charge in [0, 0.05) is 11.3 Å². The third-order valence-electron chi connectivity index (χ3n) is 3.01. The molecule has 0 aromatic carbocycles. The summed E-state index contributed by atoms with van der Waals surface area (Å²) in [5.41, 5.74) is 5.43. The number of amides is 1. The SMILES string of the molecule is CC1(CNC(=O)c2ccc(CN)o2)CCCS1. The van der Waals surface area contributed by atoms with E-state index in [1.165, 1.54) is 12.2 Å². The predicted octanol–water partition coefficient (Wildman–Crippen LogP) is 1.75.